The number of ketones is 1. The van der Waals surface area contributed by atoms with Crippen LogP contribution in [0, 0.1) is 17.3 Å². The largest absolute Gasteiger partial charge is 0.469 e. The summed E-state index contributed by atoms with van der Waals surface area (Å²) in [6.45, 7) is 2.18. The molecule has 0 aromatic heterocycles. The van der Waals surface area contributed by atoms with Crippen LogP contribution in [0.3, 0.4) is 0 Å². The van der Waals surface area contributed by atoms with E-state index >= 15 is 0 Å². The second-order valence-corrected chi connectivity index (χ2v) is 9.10. The lowest BCUT2D eigenvalue weighted by atomic mass is 9.62. The summed E-state index contributed by atoms with van der Waals surface area (Å²) >= 11 is 0. The highest BCUT2D eigenvalue weighted by Crippen LogP contribution is 2.48. The maximum absolute atomic E-state index is 12.4. The molecule has 2 fully saturated rings. The molecule has 0 spiro atoms. The van der Waals surface area contributed by atoms with Crippen molar-refractivity contribution in [1.82, 2.24) is 0 Å². The van der Waals surface area contributed by atoms with Gasteiger partial charge < -0.3 is 14.9 Å². The standard InChI is InChI=1S/C24H40O5/c1-3-4-14-24(15-9-16-24)22(27)13-12-19-18(20(25)17-21(19)26)10-7-5-6-8-11-23(28)29-2/h12-13,18-19,21-22,26-27H,3-11,14-17H2,1-2H3/t18-,19-,21-,22-/m1/s1. The molecule has 5 nitrogen and oxygen atoms in total. The van der Waals surface area contributed by atoms with E-state index in [0.29, 0.717) is 6.42 Å². The van der Waals surface area contributed by atoms with E-state index in [4.69, 9.17) is 0 Å². The van der Waals surface area contributed by atoms with Crippen LogP contribution in [0.25, 0.3) is 0 Å². The Morgan fingerprint density at radius 1 is 1.24 bits per heavy atom. The number of unbranched alkanes of at least 4 members (excludes halogenated alkanes) is 4. The lowest BCUT2D eigenvalue weighted by Crippen LogP contribution is -2.40. The van der Waals surface area contributed by atoms with Gasteiger partial charge in [-0.2, -0.15) is 0 Å². The zero-order chi connectivity index (χ0) is 21.3. The first-order chi connectivity index (χ1) is 13.9. The van der Waals surface area contributed by atoms with Crippen molar-refractivity contribution in [3.63, 3.8) is 0 Å². The smallest absolute Gasteiger partial charge is 0.305 e. The van der Waals surface area contributed by atoms with Crippen LogP contribution < -0.4 is 0 Å². The zero-order valence-corrected chi connectivity index (χ0v) is 18.3. The number of esters is 1. The molecular weight excluding hydrogens is 368 g/mol. The molecular formula is C24H40O5. The van der Waals surface area contributed by atoms with Crippen LogP contribution in [0.1, 0.15) is 90.4 Å². The SMILES string of the molecule is CCCCC1([C@H](O)C=C[C@H]2[C@H](O)CC(=O)[C@@H]2CCCCCCC(=O)OC)CCC1. The fourth-order valence-corrected chi connectivity index (χ4v) is 4.97. The van der Waals surface area contributed by atoms with Gasteiger partial charge in [0, 0.05) is 24.7 Å². The predicted octanol–water partition coefficient (Wildman–Crippen LogP) is 4.34. The van der Waals surface area contributed by atoms with E-state index in [-0.39, 0.29) is 35.4 Å². The molecule has 0 unspecified atom stereocenters. The molecule has 2 aliphatic rings. The van der Waals surface area contributed by atoms with E-state index in [0.717, 1.165) is 64.2 Å². The molecule has 2 N–H and O–H groups in total. The highest BCUT2D eigenvalue weighted by atomic mass is 16.5. The molecule has 0 aromatic carbocycles. The molecule has 0 aliphatic heterocycles. The topological polar surface area (TPSA) is 83.8 Å². The summed E-state index contributed by atoms with van der Waals surface area (Å²) in [6.07, 6.45) is 14.4. The van der Waals surface area contributed by atoms with Crippen molar-refractivity contribution in [2.45, 2.75) is 103 Å². The summed E-state index contributed by atoms with van der Waals surface area (Å²) in [5.74, 6) is -0.371. The van der Waals surface area contributed by atoms with E-state index in [1.165, 1.54) is 13.5 Å². The second-order valence-electron chi connectivity index (χ2n) is 9.10. The number of carbonyl (C=O) groups excluding carboxylic acids is 2. The number of ether oxygens (including phenoxy) is 1. The summed E-state index contributed by atoms with van der Waals surface area (Å²) in [6, 6.07) is 0. The number of methoxy groups -OCH3 is 1. The van der Waals surface area contributed by atoms with Crippen molar-refractivity contribution < 1.29 is 24.5 Å². The zero-order valence-electron chi connectivity index (χ0n) is 18.3. The normalized spacial score (nSPS) is 27.2. The molecule has 4 atom stereocenters. The molecule has 0 aromatic rings. The van der Waals surface area contributed by atoms with Crippen molar-refractivity contribution in [3.8, 4) is 0 Å². The fraction of sp³-hybridized carbons (Fsp3) is 0.833. The number of rotatable bonds is 13. The molecule has 0 heterocycles. The Morgan fingerprint density at radius 3 is 2.59 bits per heavy atom. The average Bonchev–Trinajstić information content (AvgIpc) is 2.94. The molecule has 0 saturated heterocycles. The number of hydrogen-bond acceptors (Lipinski definition) is 5. The summed E-state index contributed by atoms with van der Waals surface area (Å²) < 4.78 is 4.64. The third-order valence-corrected chi connectivity index (χ3v) is 7.13. The van der Waals surface area contributed by atoms with Crippen molar-refractivity contribution in [2.75, 3.05) is 7.11 Å². The van der Waals surface area contributed by atoms with Gasteiger partial charge in [0.05, 0.1) is 19.3 Å². The van der Waals surface area contributed by atoms with E-state index < -0.39 is 12.2 Å². The van der Waals surface area contributed by atoms with Gasteiger partial charge >= 0.3 is 5.97 Å². The van der Waals surface area contributed by atoms with E-state index in [1.54, 1.807) is 0 Å². The van der Waals surface area contributed by atoms with Gasteiger partial charge in [0.25, 0.3) is 0 Å². The quantitative estimate of drug-likeness (QED) is 0.269. The van der Waals surface area contributed by atoms with Crippen LogP contribution in [0.2, 0.25) is 0 Å². The van der Waals surface area contributed by atoms with Crippen molar-refractivity contribution in [1.29, 1.82) is 0 Å². The highest BCUT2D eigenvalue weighted by molar-refractivity contribution is 5.84. The van der Waals surface area contributed by atoms with Crippen molar-refractivity contribution >= 4 is 11.8 Å². The average molecular weight is 409 g/mol. The summed E-state index contributed by atoms with van der Waals surface area (Å²) in [5, 5.41) is 21.2. The lowest BCUT2D eigenvalue weighted by Gasteiger charge is -2.45. The Kier molecular flexibility index (Phi) is 9.84. The molecule has 166 valence electrons. The maximum atomic E-state index is 12.4. The van der Waals surface area contributed by atoms with Gasteiger partial charge in [-0.05, 0) is 37.5 Å². The number of aliphatic hydroxyl groups is 2. The fourth-order valence-electron chi connectivity index (χ4n) is 4.97. The van der Waals surface area contributed by atoms with Crippen LogP contribution in [0.15, 0.2) is 12.2 Å². The third-order valence-electron chi connectivity index (χ3n) is 7.13. The first-order valence-corrected chi connectivity index (χ1v) is 11.6. The van der Waals surface area contributed by atoms with E-state index in [9.17, 15) is 19.8 Å². The number of carbonyl (C=O) groups is 2. The van der Waals surface area contributed by atoms with Crippen LogP contribution in [0.4, 0.5) is 0 Å². The van der Waals surface area contributed by atoms with Gasteiger partial charge in [-0.1, -0.05) is 57.6 Å². The van der Waals surface area contributed by atoms with Crippen molar-refractivity contribution in [3.05, 3.63) is 12.2 Å². The Labute approximate surface area is 175 Å². The first kappa shape index (κ1) is 24.1. The predicted molar refractivity (Wildman–Crippen MR) is 113 cm³/mol. The van der Waals surface area contributed by atoms with Gasteiger partial charge in [0.15, 0.2) is 0 Å². The van der Waals surface area contributed by atoms with E-state index in [1.807, 2.05) is 12.2 Å². The van der Waals surface area contributed by atoms with Gasteiger partial charge in [0.2, 0.25) is 0 Å². The van der Waals surface area contributed by atoms with Crippen LogP contribution in [0.5, 0.6) is 0 Å². The minimum absolute atomic E-state index is 0.00914. The number of aliphatic hydroxyl groups excluding tert-OH is 2. The Bertz CT molecular complexity index is 551. The first-order valence-electron chi connectivity index (χ1n) is 11.6. The van der Waals surface area contributed by atoms with Gasteiger partial charge in [-0.25, -0.2) is 0 Å². The maximum Gasteiger partial charge on any atom is 0.305 e. The van der Waals surface area contributed by atoms with Gasteiger partial charge in [0.1, 0.15) is 5.78 Å². The van der Waals surface area contributed by atoms with Gasteiger partial charge in [-0.15, -0.1) is 0 Å². The van der Waals surface area contributed by atoms with Gasteiger partial charge in [-0.3, -0.25) is 9.59 Å². The summed E-state index contributed by atoms with van der Waals surface area (Å²) in [5.41, 5.74) is 0.00914. The summed E-state index contributed by atoms with van der Waals surface area (Å²) in [7, 11) is 1.40. The summed E-state index contributed by atoms with van der Waals surface area (Å²) in [4.78, 5) is 23.5. The Morgan fingerprint density at radius 2 is 1.97 bits per heavy atom. The molecule has 0 radical (unpaired) electrons. The van der Waals surface area contributed by atoms with Crippen LogP contribution >= 0.6 is 0 Å². The monoisotopic (exact) mass is 408 g/mol. The minimum Gasteiger partial charge on any atom is -0.469 e. The van der Waals surface area contributed by atoms with Crippen LogP contribution in [-0.2, 0) is 14.3 Å². The molecule has 0 amide bonds. The third kappa shape index (κ3) is 6.65. The van der Waals surface area contributed by atoms with Crippen molar-refractivity contribution in [2.24, 2.45) is 17.3 Å². The van der Waals surface area contributed by atoms with E-state index in [2.05, 4.69) is 11.7 Å². The molecule has 2 aliphatic carbocycles. The number of hydrogen-bond donors (Lipinski definition) is 2. The molecule has 5 heteroatoms. The molecule has 2 saturated carbocycles. The lowest BCUT2D eigenvalue weighted by molar-refractivity contribution is -0.140. The minimum atomic E-state index is -0.636. The molecule has 29 heavy (non-hydrogen) atoms. The highest BCUT2D eigenvalue weighted by Gasteiger charge is 2.43. The molecule has 0 bridgehead atoms. The second kappa shape index (κ2) is 11.8. The molecule has 2 rings (SSSR count). The number of Topliss-reactive ketones (excluding diaryl/α,β-unsaturated/α-hetero) is 1. The van der Waals surface area contributed by atoms with Crippen LogP contribution in [-0.4, -0.2) is 41.3 Å². The Hall–Kier alpha value is -1.20. The Balaban J connectivity index is 1.83.